The summed E-state index contributed by atoms with van der Waals surface area (Å²) in [6, 6.07) is 10.4. The predicted octanol–water partition coefficient (Wildman–Crippen LogP) is 4.19. The number of carbonyl (C=O) groups is 1. The number of hydrogen-bond donors (Lipinski definition) is 2. The summed E-state index contributed by atoms with van der Waals surface area (Å²) in [5, 5.41) is 8.69. The zero-order valence-electron chi connectivity index (χ0n) is 13.4. The monoisotopic (exact) mass is 471 g/mol. The first-order valence-corrected chi connectivity index (χ1v) is 10.3. The van der Waals surface area contributed by atoms with Gasteiger partial charge in [0.15, 0.2) is 6.61 Å². The van der Waals surface area contributed by atoms with Crippen molar-refractivity contribution in [2.24, 2.45) is 0 Å². The molecular formula is C16H13Cl4NO5S. The van der Waals surface area contributed by atoms with Gasteiger partial charge in [-0.15, -0.1) is 0 Å². The van der Waals surface area contributed by atoms with E-state index in [-0.39, 0.29) is 21.2 Å². The van der Waals surface area contributed by atoms with Crippen molar-refractivity contribution in [1.82, 2.24) is 4.72 Å². The lowest BCUT2D eigenvalue weighted by atomic mass is 10.1. The van der Waals surface area contributed by atoms with Crippen molar-refractivity contribution < 1.29 is 23.1 Å². The number of aliphatic carboxylic acids is 1. The van der Waals surface area contributed by atoms with Crippen LogP contribution in [0.15, 0.2) is 53.4 Å². The Morgan fingerprint density at radius 2 is 1.78 bits per heavy atom. The van der Waals surface area contributed by atoms with Gasteiger partial charge >= 0.3 is 5.97 Å². The van der Waals surface area contributed by atoms with Crippen LogP contribution in [-0.2, 0) is 14.8 Å². The molecule has 146 valence electrons. The minimum absolute atomic E-state index is 0.00300. The molecule has 0 aromatic heterocycles. The molecule has 0 radical (unpaired) electrons. The molecule has 6 nitrogen and oxygen atoms in total. The van der Waals surface area contributed by atoms with E-state index in [1.54, 1.807) is 18.2 Å². The SMILES string of the molecule is O=C(O)COc1ccc(C(NS(=O)(=O)c2ccccc2)C(Cl)(Cl)Cl)cc1Cl. The average molecular weight is 473 g/mol. The van der Waals surface area contributed by atoms with Crippen molar-refractivity contribution in [3.63, 3.8) is 0 Å². The fourth-order valence-corrected chi connectivity index (χ4v) is 4.35. The van der Waals surface area contributed by atoms with Gasteiger partial charge in [0, 0.05) is 0 Å². The van der Waals surface area contributed by atoms with Crippen LogP contribution < -0.4 is 9.46 Å². The molecule has 11 heteroatoms. The highest BCUT2D eigenvalue weighted by atomic mass is 35.6. The van der Waals surface area contributed by atoms with E-state index in [1.807, 2.05) is 0 Å². The highest BCUT2D eigenvalue weighted by molar-refractivity contribution is 7.89. The standard InChI is InChI=1S/C16H13Cl4NO5S/c17-12-8-10(6-7-13(12)26-9-14(22)23)15(16(18,19)20)21-27(24,25)11-4-2-1-3-5-11/h1-8,15,21H,9H2,(H,22,23). The summed E-state index contributed by atoms with van der Waals surface area (Å²) >= 11 is 24.0. The van der Waals surface area contributed by atoms with Crippen LogP contribution in [0.3, 0.4) is 0 Å². The molecule has 1 unspecified atom stereocenters. The summed E-state index contributed by atoms with van der Waals surface area (Å²) < 4.78 is 30.5. The Labute approximate surface area is 176 Å². The Kier molecular flexibility index (Phi) is 7.24. The van der Waals surface area contributed by atoms with Gasteiger partial charge in [0.25, 0.3) is 0 Å². The number of alkyl halides is 3. The second kappa shape index (κ2) is 8.86. The van der Waals surface area contributed by atoms with E-state index >= 15 is 0 Å². The van der Waals surface area contributed by atoms with Crippen molar-refractivity contribution in [2.75, 3.05) is 6.61 Å². The lowest BCUT2D eigenvalue weighted by Crippen LogP contribution is -2.36. The molecule has 2 rings (SSSR count). The lowest BCUT2D eigenvalue weighted by molar-refractivity contribution is -0.139. The molecule has 0 heterocycles. The van der Waals surface area contributed by atoms with Crippen LogP contribution in [0.25, 0.3) is 0 Å². The van der Waals surface area contributed by atoms with Crippen molar-refractivity contribution in [1.29, 1.82) is 0 Å². The predicted molar refractivity (Wildman–Crippen MR) is 104 cm³/mol. The number of halogens is 4. The number of carboxylic acid groups (broad SMARTS) is 1. The van der Waals surface area contributed by atoms with Gasteiger partial charge in [0.2, 0.25) is 13.8 Å². The second-order valence-electron chi connectivity index (χ2n) is 5.28. The second-order valence-corrected chi connectivity index (χ2v) is 9.77. The Hall–Kier alpha value is -1.22. The van der Waals surface area contributed by atoms with Crippen LogP contribution in [0.1, 0.15) is 11.6 Å². The first-order chi connectivity index (χ1) is 12.5. The van der Waals surface area contributed by atoms with Gasteiger partial charge in [-0.25, -0.2) is 13.2 Å². The first kappa shape index (κ1) is 22.1. The molecule has 1 atom stereocenters. The summed E-state index contributed by atoms with van der Waals surface area (Å²) in [6.07, 6.45) is 0. The highest BCUT2D eigenvalue weighted by Gasteiger charge is 2.37. The maximum Gasteiger partial charge on any atom is 0.341 e. The van der Waals surface area contributed by atoms with Crippen molar-refractivity contribution in [3.8, 4) is 5.75 Å². The van der Waals surface area contributed by atoms with Gasteiger partial charge < -0.3 is 9.84 Å². The third-order valence-corrected chi connectivity index (χ3v) is 5.68. The van der Waals surface area contributed by atoms with E-state index in [0.29, 0.717) is 0 Å². The first-order valence-electron chi connectivity index (χ1n) is 7.29. The average Bonchev–Trinajstić information content (AvgIpc) is 2.58. The van der Waals surface area contributed by atoms with E-state index in [0.717, 1.165) is 0 Å². The molecule has 0 fully saturated rings. The van der Waals surface area contributed by atoms with Crippen molar-refractivity contribution >= 4 is 62.4 Å². The zero-order valence-corrected chi connectivity index (χ0v) is 17.2. The third-order valence-electron chi connectivity index (χ3n) is 3.29. The van der Waals surface area contributed by atoms with E-state index in [2.05, 4.69) is 4.72 Å². The fraction of sp³-hybridized carbons (Fsp3) is 0.188. The number of hydrogen-bond acceptors (Lipinski definition) is 4. The molecule has 0 saturated carbocycles. The summed E-state index contributed by atoms with van der Waals surface area (Å²) in [7, 11) is -3.99. The molecule has 2 aromatic rings. The molecule has 27 heavy (non-hydrogen) atoms. The molecule has 0 spiro atoms. The summed E-state index contributed by atoms with van der Waals surface area (Å²) in [5.74, 6) is -1.08. The molecule has 0 aliphatic rings. The largest absolute Gasteiger partial charge is 0.480 e. The summed E-state index contributed by atoms with van der Waals surface area (Å²) in [6.45, 7) is -0.590. The maximum absolute atomic E-state index is 12.6. The quantitative estimate of drug-likeness (QED) is 0.589. The van der Waals surface area contributed by atoms with Gasteiger partial charge in [0.1, 0.15) is 5.75 Å². The van der Waals surface area contributed by atoms with Gasteiger partial charge in [-0.2, -0.15) is 4.72 Å². The van der Waals surface area contributed by atoms with E-state index in [4.69, 9.17) is 56.2 Å². The molecule has 0 aliphatic heterocycles. The van der Waals surface area contributed by atoms with Crippen LogP contribution in [0.4, 0.5) is 0 Å². The van der Waals surface area contributed by atoms with Crippen molar-refractivity contribution in [2.45, 2.75) is 14.7 Å². The highest BCUT2D eigenvalue weighted by Crippen LogP contribution is 2.42. The van der Waals surface area contributed by atoms with Crippen LogP contribution in [0.2, 0.25) is 5.02 Å². The number of benzene rings is 2. The summed E-state index contributed by atoms with van der Waals surface area (Å²) in [5.41, 5.74) is 0.252. The van der Waals surface area contributed by atoms with E-state index in [9.17, 15) is 13.2 Å². The number of rotatable bonds is 7. The molecule has 2 aromatic carbocycles. The van der Waals surface area contributed by atoms with E-state index < -0.39 is 32.4 Å². The lowest BCUT2D eigenvalue weighted by Gasteiger charge is -2.26. The third kappa shape index (κ3) is 6.14. The molecular weight excluding hydrogens is 460 g/mol. The van der Waals surface area contributed by atoms with Gasteiger partial charge in [-0.3, -0.25) is 0 Å². The smallest absolute Gasteiger partial charge is 0.341 e. The van der Waals surface area contributed by atoms with Crippen LogP contribution in [0, 0.1) is 0 Å². The van der Waals surface area contributed by atoms with Crippen LogP contribution >= 0.6 is 46.4 Å². The number of nitrogens with one attached hydrogen (secondary N) is 1. The number of ether oxygens (including phenoxy) is 1. The summed E-state index contributed by atoms with van der Waals surface area (Å²) in [4.78, 5) is 10.6. The van der Waals surface area contributed by atoms with Crippen LogP contribution in [0.5, 0.6) is 5.75 Å². The minimum atomic E-state index is -3.99. The van der Waals surface area contributed by atoms with Crippen LogP contribution in [-0.4, -0.2) is 29.9 Å². The normalized spacial score (nSPS) is 13.2. The molecule has 0 saturated heterocycles. The van der Waals surface area contributed by atoms with E-state index in [1.165, 1.54) is 30.3 Å². The Balaban J connectivity index is 2.35. The minimum Gasteiger partial charge on any atom is -0.480 e. The molecule has 2 N–H and O–H groups in total. The maximum atomic E-state index is 12.6. The van der Waals surface area contributed by atoms with Gasteiger partial charge in [-0.1, -0.05) is 70.7 Å². The Bertz CT molecular complexity index is 916. The van der Waals surface area contributed by atoms with Gasteiger partial charge in [0.05, 0.1) is 16.0 Å². The zero-order chi connectivity index (χ0) is 20.2. The topological polar surface area (TPSA) is 92.7 Å². The van der Waals surface area contributed by atoms with Crippen molar-refractivity contribution in [3.05, 3.63) is 59.1 Å². The number of carboxylic acids is 1. The molecule has 0 amide bonds. The Morgan fingerprint density at radius 1 is 1.15 bits per heavy atom. The molecule has 0 bridgehead atoms. The Morgan fingerprint density at radius 3 is 2.30 bits per heavy atom. The van der Waals surface area contributed by atoms with Gasteiger partial charge in [-0.05, 0) is 29.8 Å². The molecule has 0 aliphatic carbocycles. The fourth-order valence-electron chi connectivity index (χ4n) is 2.10. The number of sulfonamides is 1.